The molecule has 112 valence electrons. The molecule has 0 spiro atoms. The third-order valence-corrected chi connectivity index (χ3v) is 3.23. The van der Waals surface area contributed by atoms with Crippen LogP contribution in [0.25, 0.3) is 0 Å². The predicted molar refractivity (Wildman–Crippen MR) is 80.3 cm³/mol. The zero-order valence-electron chi connectivity index (χ0n) is 13.1. The van der Waals surface area contributed by atoms with Crippen LogP contribution in [-0.2, 0) is 9.53 Å². The van der Waals surface area contributed by atoms with E-state index >= 15 is 0 Å². The van der Waals surface area contributed by atoms with E-state index in [4.69, 9.17) is 4.74 Å². The van der Waals surface area contributed by atoms with E-state index in [9.17, 15) is 4.79 Å². The number of methoxy groups -OCH3 is 1. The van der Waals surface area contributed by atoms with Gasteiger partial charge < -0.3 is 9.47 Å². The highest BCUT2D eigenvalue weighted by atomic mass is 16.5. The minimum absolute atomic E-state index is 0.232. The van der Waals surface area contributed by atoms with E-state index in [0.29, 0.717) is 19.1 Å². The van der Waals surface area contributed by atoms with Gasteiger partial charge in [-0.15, -0.1) is 0 Å². The minimum Gasteiger partial charge on any atom is -0.492 e. The molecule has 0 heterocycles. The van der Waals surface area contributed by atoms with Crippen LogP contribution in [0.4, 0.5) is 0 Å². The Morgan fingerprint density at radius 3 is 2.60 bits per heavy atom. The fourth-order valence-corrected chi connectivity index (χ4v) is 2.07. The molecule has 4 heteroatoms. The fraction of sp³-hybridized carbons (Fsp3) is 0.562. The number of rotatable bonds is 7. The van der Waals surface area contributed by atoms with Crippen LogP contribution in [0.5, 0.6) is 5.75 Å². The molecule has 0 saturated heterocycles. The smallest absolute Gasteiger partial charge is 0.319 e. The number of carbonyl (C=O) groups is 1. The van der Waals surface area contributed by atoms with Crippen molar-refractivity contribution in [2.75, 3.05) is 33.9 Å². The normalized spacial score (nSPS) is 10.9. The van der Waals surface area contributed by atoms with Gasteiger partial charge in [0.1, 0.15) is 12.4 Å². The molecule has 0 aromatic heterocycles. The number of nitrogens with zero attached hydrogens (tertiary/aromatic N) is 1. The summed E-state index contributed by atoms with van der Waals surface area (Å²) in [5.74, 6) is 1.17. The zero-order chi connectivity index (χ0) is 15.1. The summed E-state index contributed by atoms with van der Waals surface area (Å²) in [4.78, 5) is 13.0. The van der Waals surface area contributed by atoms with Crippen LogP contribution in [0.1, 0.15) is 30.9 Å². The molecule has 0 aliphatic heterocycles. The van der Waals surface area contributed by atoms with Gasteiger partial charge in [0, 0.05) is 6.54 Å². The Labute approximate surface area is 121 Å². The first kappa shape index (κ1) is 16.5. The lowest BCUT2D eigenvalue weighted by Gasteiger charge is -2.16. The second-order valence-corrected chi connectivity index (χ2v) is 5.34. The molecule has 1 aromatic rings. The average molecular weight is 279 g/mol. The Hall–Kier alpha value is -1.55. The van der Waals surface area contributed by atoms with E-state index in [1.54, 1.807) is 0 Å². The summed E-state index contributed by atoms with van der Waals surface area (Å²) in [6, 6.07) is 6.19. The summed E-state index contributed by atoms with van der Waals surface area (Å²) in [5.41, 5.74) is 2.60. The van der Waals surface area contributed by atoms with Gasteiger partial charge in [-0.1, -0.05) is 19.9 Å². The van der Waals surface area contributed by atoms with Crippen molar-refractivity contribution in [1.29, 1.82) is 0 Å². The summed E-state index contributed by atoms with van der Waals surface area (Å²) < 4.78 is 10.3. The topological polar surface area (TPSA) is 38.8 Å². The summed E-state index contributed by atoms with van der Waals surface area (Å²) >= 11 is 0. The Morgan fingerprint density at radius 1 is 1.35 bits per heavy atom. The molecule has 1 aromatic carbocycles. The zero-order valence-corrected chi connectivity index (χ0v) is 13.1. The molecule has 0 saturated carbocycles. The van der Waals surface area contributed by atoms with Gasteiger partial charge in [-0.05, 0) is 43.1 Å². The van der Waals surface area contributed by atoms with E-state index in [1.165, 1.54) is 18.2 Å². The molecule has 20 heavy (non-hydrogen) atoms. The second-order valence-electron chi connectivity index (χ2n) is 5.34. The Kier molecular flexibility index (Phi) is 6.52. The van der Waals surface area contributed by atoms with Crippen LogP contribution < -0.4 is 4.74 Å². The average Bonchev–Trinajstić information content (AvgIpc) is 2.38. The standard InChI is InChI=1S/C16H25NO3/c1-12(2)15-7-6-14(10-13(15)3)20-9-8-17(4)11-16(18)19-5/h6-7,10,12H,8-9,11H2,1-5H3. The first-order valence-corrected chi connectivity index (χ1v) is 6.92. The highest BCUT2D eigenvalue weighted by Gasteiger charge is 2.07. The van der Waals surface area contributed by atoms with Gasteiger partial charge in [0.25, 0.3) is 0 Å². The first-order valence-electron chi connectivity index (χ1n) is 6.92. The number of benzene rings is 1. The molecule has 4 nitrogen and oxygen atoms in total. The number of carbonyl (C=O) groups excluding carboxylic acids is 1. The molecule has 0 N–H and O–H groups in total. The van der Waals surface area contributed by atoms with Crippen LogP contribution in [0.2, 0.25) is 0 Å². The van der Waals surface area contributed by atoms with Gasteiger partial charge in [-0.3, -0.25) is 9.69 Å². The lowest BCUT2D eigenvalue weighted by atomic mass is 9.98. The molecule has 0 fully saturated rings. The first-order chi connectivity index (χ1) is 9.43. The Morgan fingerprint density at radius 2 is 2.05 bits per heavy atom. The van der Waals surface area contributed by atoms with Crippen molar-refractivity contribution in [3.63, 3.8) is 0 Å². The molecule has 1 rings (SSSR count). The van der Waals surface area contributed by atoms with Crippen LogP contribution in [0.15, 0.2) is 18.2 Å². The molecular weight excluding hydrogens is 254 g/mol. The second kappa shape index (κ2) is 7.90. The van der Waals surface area contributed by atoms with Crippen LogP contribution in [0.3, 0.4) is 0 Å². The monoisotopic (exact) mass is 279 g/mol. The van der Waals surface area contributed by atoms with Crippen molar-refractivity contribution in [2.24, 2.45) is 0 Å². The molecule has 0 unspecified atom stereocenters. The quantitative estimate of drug-likeness (QED) is 0.719. The Balaban J connectivity index is 2.43. The maximum absolute atomic E-state index is 11.1. The molecule has 0 aliphatic carbocycles. The molecule has 0 amide bonds. The van der Waals surface area contributed by atoms with Crippen molar-refractivity contribution < 1.29 is 14.3 Å². The molecular formula is C16H25NO3. The van der Waals surface area contributed by atoms with Crippen molar-refractivity contribution >= 4 is 5.97 Å². The third kappa shape index (κ3) is 5.21. The van der Waals surface area contributed by atoms with E-state index in [2.05, 4.69) is 37.6 Å². The van der Waals surface area contributed by atoms with Gasteiger partial charge in [0.05, 0.1) is 13.7 Å². The van der Waals surface area contributed by atoms with Gasteiger partial charge in [0.15, 0.2) is 0 Å². The highest BCUT2D eigenvalue weighted by Crippen LogP contribution is 2.23. The number of hydrogen-bond acceptors (Lipinski definition) is 4. The van der Waals surface area contributed by atoms with Crippen LogP contribution in [0, 0.1) is 6.92 Å². The SMILES string of the molecule is COC(=O)CN(C)CCOc1ccc(C(C)C)c(C)c1. The lowest BCUT2D eigenvalue weighted by molar-refractivity contribution is -0.141. The maximum Gasteiger partial charge on any atom is 0.319 e. The van der Waals surface area contributed by atoms with Crippen molar-refractivity contribution in [2.45, 2.75) is 26.7 Å². The molecule has 0 atom stereocenters. The summed E-state index contributed by atoms with van der Waals surface area (Å²) in [5, 5.41) is 0. The van der Waals surface area contributed by atoms with E-state index < -0.39 is 0 Å². The van der Waals surface area contributed by atoms with Crippen molar-refractivity contribution in [3.05, 3.63) is 29.3 Å². The Bertz CT molecular complexity index is 443. The molecule has 0 bridgehead atoms. The van der Waals surface area contributed by atoms with E-state index in [1.807, 2.05) is 18.0 Å². The number of ether oxygens (including phenoxy) is 2. The number of hydrogen-bond donors (Lipinski definition) is 0. The van der Waals surface area contributed by atoms with Crippen molar-refractivity contribution in [1.82, 2.24) is 4.90 Å². The lowest BCUT2D eigenvalue weighted by Crippen LogP contribution is -2.30. The molecule has 0 aliphatic rings. The largest absolute Gasteiger partial charge is 0.492 e. The van der Waals surface area contributed by atoms with E-state index in [-0.39, 0.29) is 12.5 Å². The van der Waals surface area contributed by atoms with Gasteiger partial charge in [-0.25, -0.2) is 0 Å². The summed E-state index contributed by atoms with van der Waals surface area (Å²) in [6.07, 6.45) is 0. The van der Waals surface area contributed by atoms with Crippen molar-refractivity contribution in [3.8, 4) is 5.75 Å². The fourth-order valence-electron chi connectivity index (χ4n) is 2.07. The van der Waals surface area contributed by atoms with E-state index in [0.717, 1.165) is 5.75 Å². The number of esters is 1. The number of likely N-dealkylation sites (N-methyl/N-ethyl adjacent to an activating group) is 1. The van der Waals surface area contributed by atoms with Crippen LogP contribution >= 0.6 is 0 Å². The third-order valence-electron chi connectivity index (χ3n) is 3.23. The minimum atomic E-state index is -0.232. The summed E-state index contributed by atoms with van der Waals surface area (Å²) in [7, 11) is 3.26. The predicted octanol–water partition coefficient (Wildman–Crippen LogP) is 2.60. The van der Waals surface area contributed by atoms with Crippen LogP contribution in [-0.4, -0.2) is 44.7 Å². The van der Waals surface area contributed by atoms with Gasteiger partial charge in [0.2, 0.25) is 0 Å². The van der Waals surface area contributed by atoms with Gasteiger partial charge in [-0.2, -0.15) is 0 Å². The highest BCUT2D eigenvalue weighted by molar-refractivity contribution is 5.71. The summed E-state index contributed by atoms with van der Waals surface area (Å²) in [6.45, 7) is 7.99. The molecule has 0 radical (unpaired) electrons. The maximum atomic E-state index is 11.1. The van der Waals surface area contributed by atoms with Gasteiger partial charge >= 0.3 is 5.97 Å². The number of aryl methyl sites for hydroxylation is 1.